The Morgan fingerprint density at radius 1 is 0.530 bits per heavy atom. The normalized spacial score (nSPS) is 14.7. The second kappa shape index (κ2) is 47.7. The van der Waals surface area contributed by atoms with Gasteiger partial charge >= 0.3 is 7.82 Å². The highest BCUT2D eigenvalue weighted by molar-refractivity contribution is 7.47. The lowest BCUT2D eigenvalue weighted by Crippen LogP contribution is -2.45. The molecule has 0 saturated carbocycles. The Morgan fingerprint density at radius 3 is 1.39 bits per heavy atom. The van der Waals surface area contributed by atoms with E-state index in [9.17, 15) is 19.4 Å². The lowest BCUT2D eigenvalue weighted by Gasteiger charge is -2.25. The van der Waals surface area contributed by atoms with Crippen molar-refractivity contribution in [2.45, 2.75) is 231 Å². The molecule has 0 heterocycles. The van der Waals surface area contributed by atoms with E-state index in [1.54, 1.807) is 6.08 Å². The molecule has 0 rings (SSSR count). The van der Waals surface area contributed by atoms with E-state index >= 15 is 0 Å². The third kappa shape index (κ3) is 49.6. The van der Waals surface area contributed by atoms with Gasteiger partial charge in [-0.05, 0) is 77.0 Å². The molecule has 9 heteroatoms. The molecule has 382 valence electrons. The summed E-state index contributed by atoms with van der Waals surface area (Å²) in [6.07, 6.45) is 66.8. The predicted octanol–water partition coefficient (Wildman–Crippen LogP) is 16.1. The van der Waals surface area contributed by atoms with E-state index < -0.39 is 20.0 Å². The van der Waals surface area contributed by atoms with Crippen LogP contribution in [-0.2, 0) is 18.4 Å². The van der Waals surface area contributed by atoms with Gasteiger partial charge in [-0.2, -0.15) is 0 Å². The molecular weight excluding hydrogens is 840 g/mol. The number of aliphatic hydroxyl groups is 1. The Hall–Kier alpha value is -2.32. The van der Waals surface area contributed by atoms with E-state index in [2.05, 4.69) is 92.1 Å². The van der Waals surface area contributed by atoms with Crippen LogP contribution >= 0.6 is 7.82 Å². The number of nitrogens with zero attached hydrogens (tertiary/aromatic N) is 1. The van der Waals surface area contributed by atoms with Gasteiger partial charge in [-0.1, -0.05) is 221 Å². The van der Waals surface area contributed by atoms with Gasteiger partial charge in [-0.15, -0.1) is 0 Å². The van der Waals surface area contributed by atoms with Gasteiger partial charge in [0.05, 0.1) is 39.9 Å². The fraction of sp³-hybridized carbons (Fsp3) is 0.737. The lowest BCUT2D eigenvalue weighted by atomic mass is 10.0. The number of carbonyl (C=O) groups is 1. The predicted molar refractivity (Wildman–Crippen MR) is 286 cm³/mol. The van der Waals surface area contributed by atoms with Crippen molar-refractivity contribution >= 4 is 13.7 Å². The SMILES string of the molecule is CC/C=C\C/C=C\C/C=C\C/C=C\C/C=C\CCCCCCCC(=O)NC(COP(=O)(O)OCC[N+](C)(C)C)C(O)/C=C/CC/C=C/CCCCCCCCCCCCCCCCCCC. The molecule has 0 aromatic carbocycles. The molecule has 0 aliphatic rings. The molecule has 0 aromatic heterocycles. The fourth-order valence-corrected chi connectivity index (χ4v) is 8.11. The number of nitrogens with one attached hydrogen (secondary N) is 1. The Balaban J connectivity index is 4.38. The molecule has 0 radical (unpaired) electrons. The minimum absolute atomic E-state index is 0.0477. The van der Waals surface area contributed by atoms with Crippen LogP contribution in [0.1, 0.15) is 219 Å². The summed E-state index contributed by atoms with van der Waals surface area (Å²) in [4.78, 5) is 23.2. The molecule has 66 heavy (non-hydrogen) atoms. The van der Waals surface area contributed by atoms with Crippen molar-refractivity contribution in [3.8, 4) is 0 Å². The first-order chi connectivity index (χ1) is 32.0. The monoisotopic (exact) mass is 944 g/mol. The number of aliphatic hydroxyl groups excluding tert-OH is 1. The van der Waals surface area contributed by atoms with Crippen molar-refractivity contribution in [3.05, 3.63) is 85.1 Å². The Labute approximate surface area is 407 Å². The maximum atomic E-state index is 12.9. The molecule has 8 nitrogen and oxygen atoms in total. The third-order valence-corrected chi connectivity index (χ3v) is 12.6. The standard InChI is InChI=1S/C57H103N2O6P/c1-6-8-10-12-14-16-18-20-22-24-26-28-29-31-32-34-36-38-40-42-44-46-48-50-56(60)55(54-65-66(62,63)64-53-52-59(3,4)5)58-57(61)51-49-47-45-43-41-39-37-35-33-30-27-25-23-21-19-17-15-13-11-9-7-2/h9,11,15,17,21,23,27,30,35,37,40,42,48,50,55-56,60H,6-8,10,12-14,16,18-20,22,24-26,28-29,31-34,36,38-39,41,43-47,49,51-54H2,1-5H3,(H-,58,61,62,63)/p+1/b11-9-,17-15-,23-21-,30-27-,37-35-,42-40+,50-48+. The molecule has 3 N–H and O–H groups in total. The quantitative estimate of drug-likeness (QED) is 0.0243. The molecule has 0 fully saturated rings. The highest BCUT2D eigenvalue weighted by Gasteiger charge is 2.27. The van der Waals surface area contributed by atoms with Gasteiger partial charge in [0, 0.05) is 6.42 Å². The lowest BCUT2D eigenvalue weighted by molar-refractivity contribution is -0.870. The first-order valence-electron chi connectivity index (χ1n) is 27.0. The average Bonchev–Trinajstić information content (AvgIpc) is 3.28. The van der Waals surface area contributed by atoms with Crippen molar-refractivity contribution in [3.63, 3.8) is 0 Å². The van der Waals surface area contributed by atoms with Gasteiger partial charge < -0.3 is 19.8 Å². The molecule has 1 amide bonds. The molecule has 3 unspecified atom stereocenters. The highest BCUT2D eigenvalue weighted by Crippen LogP contribution is 2.43. The average molecular weight is 944 g/mol. The second-order valence-electron chi connectivity index (χ2n) is 19.2. The first kappa shape index (κ1) is 63.7. The van der Waals surface area contributed by atoms with Gasteiger partial charge in [0.1, 0.15) is 13.2 Å². The van der Waals surface area contributed by atoms with Gasteiger partial charge in [0.25, 0.3) is 0 Å². The van der Waals surface area contributed by atoms with Crippen molar-refractivity contribution in [2.24, 2.45) is 0 Å². The van der Waals surface area contributed by atoms with E-state index in [1.165, 1.54) is 109 Å². The summed E-state index contributed by atoms with van der Waals surface area (Å²) in [6.45, 7) is 4.67. The maximum Gasteiger partial charge on any atom is 0.472 e. The summed E-state index contributed by atoms with van der Waals surface area (Å²) in [5.41, 5.74) is 0. The first-order valence-corrected chi connectivity index (χ1v) is 28.5. The number of likely N-dealkylation sites (N-methyl/N-ethyl adjacent to an activating group) is 1. The Bertz CT molecular complexity index is 1350. The van der Waals surface area contributed by atoms with E-state index in [-0.39, 0.29) is 19.1 Å². The van der Waals surface area contributed by atoms with Crippen LogP contribution in [0.3, 0.4) is 0 Å². The van der Waals surface area contributed by atoms with E-state index in [1.807, 2.05) is 27.2 Å². The van der Waals surface area contributed by atoms with Crippen LogP contribution in [0.2, 0.25) is 0 Å². The number of carbonyl (C=O) groups excluding carboxylic acids is 1. The van der Waals surface area contributed by atoms with Crippen LogP contribution in [0.15, 0.2) is 85.1 Å². The summed E-state index contributed by atoms with van der Waals surface area (Å²) in [5.74, 6) is -0.208. The summed E-state index contributed by atoms with van der Waals surface area (Å²) in [5, 5.41) is 13.9. The van der Waals surface area contributed by atoms with Crippen LogP contribution in [-0.4, -0.2) is 73.4 Å². The zero-order chi connectivity index (χ0) is 48.5. The summed E-state index contributed by atoms with van der Waals surface area (Å²) in [6, 6.07) is -0.880. The number of hydrogen-bond donors (Lipinski definition) is 3. The molecule has 0 aliphatic heterocycles. The number of unbranched alkanes of at least 4 members (excludes halogenated alkanes) is 23. The fourth-order valence-electron chi connectivity index (χ4n) is 7.38. The number of quaternary nitrogens is 1. The van der Waals surface area contributed by atoms with Crippen LogP contribution in [0, 0.1) is 0 Å². The van der Waals surface area contributed by atoms with Crippen molar-refractivity contribution in [1.82, 2.24) is 5.32 Å². The molecule has 0 aromatic rings. The van der Waals surface area contributed by atoms with Crippen LogP contribution in [0.4, 0.5) is 0 Å². The highest BCUT2D eigenvalue weighted by atomic mass is 31.2. The molecule has 0 spiro atoms. The van der Waals surface area contributed by atoms with E-state index in [0.29, 0.717) is 17.4 Å². The molecule has 3 atom stereocenters. The zero-order valence-corrected chi connectivity index (χ0v) is 44.3. The number of rotatable bonds is 48. The van der Waals surface area contributed by atoms with Crippen LogP contribution in [0.25, 0.3) is 0 Å². The molecule has 0 bridgehead atoms. The number of phosphoric ester groups is 1. The van der Waals surface area contributed by atoms with Gasteiger partial charge in [-0.3, -0.25) is 13.8 Å². The zero-order valence-electron chi connectivity index (χ0n) is 43.4. The van der Waals surface area contributed by atoms with E-state index in [0.717, 1.165) is 89.9 Å². The third-order valence-electron chi connectivity index (χ3n) is 11.6. The Kier molecular flexibility index (Phi) is 46.1. The maximum absolute atomic E-state index is 12.9. The van der Waals surface area contributed by atoms with Crippen molar-refractivity contribution < 1.29 is 32.9 Å². The number of phosphoric acid groups is 1. The number of hydrogen-bond acceptors (Lipinski definition) is 5. The summed E-state index contributed by atoms with van der Waals surface area (Å²) >= 11 is 0. The van der Waals surface area contributed by atoms with Gasteiger partial charge in [-0.25, -0.2) is 4.57 Å². The second-order valence-corrected chi connectivity index (χ2v) is 20.7. The largest absolute Gasteiger partial charge is 0.472 e. The number of allylic oxidation sites excluding steroid dienone is 13. The van der Waals surface area contributed by atoms with Crippen LogP contribution in [0.5, 0.6) is 0 Å². The van der Waals surface area contributed by atoms with Gasteiger partial charge in [0.15, 0.2) is 0 Å². The number of amides is 1. The van der Waals surface area contributed by atoms with Crippen molar-refractivity contribution in [2.75, 3.05) is 40.9 Å². The summed E-state index contributed by atoms with van der Waals surface area (Å²) < 4.78 is 23.6. The van der Waals surface area contributed by atoms with Crippen molar-refractivity contribution in [1.29, 1.82) is 0 Å². The minimum Gasteiger partial charge on any atom is -0.387 e. The molecular formula is C57H104N2O6P+. The molecule has 0 aliphatic carbocycles. The van der Waals surface area contributed by atoms with Gasteiger partial charge in [0.2, 0.25) is 5.91 Å². The summed E-state index contributed by atoms with van der Waals surface area (Å²) in [7, 11) is 1.53. The minimum atomic E-state index is -4.36. The topological polar surface area (TPSA) is 105 Å². The van der Waals surface area contributed by atoms with E-state index in [4.69, 9.17) is 9.05 Å². The Morgan fingerprint density at radius 2 is 0.924 bits per heavy atom. The van der Waals surface area contributed by atoms with Crippen LogP contribution < -0.4 is 5.32 Å². The molecule has 0 saturated heterocycles. The smallest absolute Gasteiger partial charge is 0.387 e.